The maximum atomic E-state index is 12.2. The molecule has 2 unspecified atom stereocenters. The number of thiophene rings is 1. The van der Waals surface area contributed by atoms with Crippen molar-refractivity contribution in [2.45, 2.75) is 37.8 Å². The molecule has 0 bridgehead atoms. The van der Waals surface area contributed by atoms with Gasteiger partial charge in [-0.05, 0) is 42.6 Å². The van der Waals surface area contributed by atoms with Crippen molar-refractivity contribution in [3.8, 4) is 5.75 Å². The van der Waals surface area contributed by atoms with Crippen LogP contribution in [0.5, 0.6) is 5.75 Å². The molecule has 31 heavy (non-hydrogen) atoms. The molecule has 4 N–H and O–H groups in total. The molecule has 1 fully saturated rings. The standard InChI is InChI=1S/C21H26N4O4S2/c1-2-29-16-7-5-14(6-8-16)23-20(28)13-31-21-24-15(11-19(27)25-21)10-18(26)22-12-17-4-3-9-30-17/h3-9,15,21,24H,2,10-13H2,1H3,(H,22,26)(H,23,28)(H,25,27). The van der Waals surface area contributed by atoms with Crippen LogP contribution in [0.15, 0.2) is 41.8 Å². The van der Waals surface area contributed by atoms with Gasteiger partial charge in [0.2, 0.25) is 17.7 Å². The predicted octanol–water partition coefficient (Wildman–Crippen LogP) is 2.29. The van der Waals surface area contributed by atoms with E-state index in [1.54, 1.807) is 35.6 Å². The Morgan fingerprint density at radius 3 is 2.74 bits per heavy atom. The van der Waals surface area contributed by atoms with Crippen molar-refractivity contribution in [2.24, 2.45) is 0 Å². The average molecular weight is 463 g/mol. The van der Waals surface area contributed by atoms with E-state index in [1.807, 2.05) is 24.4 Å². The van der Waals surface area contributed by atoms with Crippen molar-refractivity contribution in [1.82, 2.24) is 16.0 Å². The number of benzene rings is 1. The number of nitrogens with one attached hydrogen (secondary N) is 4. The number of carbonyl (C=O) groups excluding carboxylic acids is 3. The molecule has 3 amide bonds. The molecule has 1 aliphatic rings. The van der Waals surface area contributed by atoms with E-state index in [4.69, 9.17) is 4.74 Å². The van der Waals surface area contributed by atoms with Crippen LogP contribution < -0.4 is 26.0 Å². The Bertz CT molecular complexity index is 874. The van der Waals surface area contributed by atoms with Crippen molar-refractivity contribution in [3.05, 3.63) is 46.7 Å². The molecule has 2 atom stereocenters. The number of ether oxygens (including phenoxy) is 1. The summed E-state index contributed by atoms with van der Waals surface area (Å²) in [4.78, 5) is 37.5. The first-order valence-electron chi connectivity index (χ1n) is 10.0. The lowest BCUT2D eigenvalue weighted by atomic mass is 10.1. The Hall–Kier alpha value is -2.56. The number of hydrogen-bond donors (Lipinski definition) is 4. The number of amides is 3. The van der Waals surface area contributed by atoms with Crippen molar-refractivity contribution >= 4 is 46.5 Å². The van der Waals surface area contributed by atoms with Gasteiger partial charge in [-0.25, -0.2) is 0 Å². The predicted molar refractivity (Wildman–Crippen MR) is 123 cm³/mol. The van der Waals surface area contributed by atoms with Gasteiger partial charge in [0.1, 0.15) is 11.2 Å². The zero-order chi connectivity index (χ0) is 22.1. The topological polar surface area (TPSA) is 109 Å². The highest BCUT2D eigenvalue weighted by molar-refractivity contribution is 8.00. The summed E-state index contributed by atoms with van der Waals surface area (Å²) >= 11 is 2.85. The molecule has 1 aromatic heterocycles. The van der Waals surface area contributed by atoms with Gasteiger partial charge in [0.05, 0.1) is 18.9 Å². The largest absolute Gasteiger partial charge is 0.494 e. The van der Waals surface area contributed by atoms with Crippen LogP contribution in [0.4, 0.5) is 5.69 Å². The Morgan fingerprint density at radius 1 is 1.23 bits per heavy atom. The Kier molecular flexibility index (Phi) is 8.74. The lowest BCUT2D eigenvalue weighted by Crippen LogP contribution is -2.56. The number of carbonyl (C=O) groups is 3. The van der Waals surface area contributed by atoms with Crippen molar-refractivity contribution in [2.75, 3.05) is 17.7 Å². The van der Waals surface area contributed by atoms with Gasteiger partial charge >= 0.3 is 0 Å². The second-order valence-corrected chi connectivity index (χ2v) is 9.02. The van der Waals surface area contributed by atoms with E-state index in [0.717, 1.165) is 10.6 Å². The summed E-state index contributed by atoms with van der Waals surface area (Å²) in [6.45, 7) is 2.98. The lowest BCUT2D eigenvalue weighted by molar-refractivity contribution is -0.125. The summed E-state index contributed by atoms with van der Waals surface area (Å²) in [5.74, 6) is 0.468. The molecule has 1 aromatic carbocycles. The smallest absolute Gasteiger partial charge is 0.234 e. The molecule has 2 aromatic rings. The molecule has 166 valence electrons. The molecule has 0 saturated carbocycles. The van der Waals surface area contributed by atoms with E-state index in [9.17, 15) is 14.4 Å². The van der Waals surface area contributed by atoms with Gasteiger partial charge < -0.3 is 20.7 Å². The molecule has 1 aliphatic heterocycles. The monoisotopic (exact) mass is 462 g/mol. The third kappa shape index (κ3) is 7.89. The van der Waals surface area contributed by atoms with Crippen LogP contribution in [0.1, 0.15) is 24.6 Å². The third-order valence-electron chi connectivity index (χ3n) is 4.41. The summed E-state index contributed by atoms with van der Waals surface area (Å²) in [7, 11) is 0. The van der Waals surface area contributed by atoms with Crippen LogP contribution in [-0.2, 0) is 20.9 Å². The number of thioether (sulfide) groups is 1. The first-order chi connectivity index (χ1) is 15.0. The van der Waals surface area contributed by atoms with Gasteiger partial charge in [0.25, 0.3) is 0 Å². The zero-order valence-corrected chi connectivity index (χ0v) is 18.8. The molecule has 0 spiro atoms. The second-order valence-electron chi connectivity index (χ2n) is 6.89. The Balaban J connectivity index is 1.40. The summed E-state index contributed by atoms with van der Waals surface area (Å²) in [5, 5.41) is 13.7. The molecule has 0 radical (unpaired) electrons. The van der Waals surface area contributed by atoms with Gasteiger partial charge in [-0.2, -0.15) is 0 Å². The van der Waals surface area contributed by atoms with Gasteiger partial charge in [0.15, 0.2) is 0 Å². The molecule has 0 aliphatic carbocycles. The molecular weight excluding hydrogens is 436 g/mol. The summed E-state index contributed by atoms with van der Waals surface area (Å²) in [5.41, 5.74) is 0.248. The Labute approximate surface area is 189 Å². The van der Waals surface area contributed by atoms with E-state index >= 15 is 0 Å². The summed E-state index contributed by atoms with van der Waals surface area (Å²) in [6, 6.07) is 10.8. The molecule has 8 nitrogen and oxygen atoms in total. The number of anilines is 1. The van der Waals surface area contributed by atoms with Crippen LogP contribution in [0.3, 0.4) is 0 Å². The average Bonchev–Trinajstić information content (AvgIpc) is 3.26. The second kappa shape index (κ2) is 11.7. The Morgan fingerprint density at radius 2 is 2.03 bits per heavy atom. The highest BCUT2D eigenvalue weighted by Gasteiger charge is 2.28. The number of hydrogen-bond acceptors (Lipinski definition) is 7. The van der Waals surface area contributed by atoms with Crippen LogP contribution >= 0.6 is 23.1 Å². The SMILES string of the molecule is CCOc1ccc(NC(=O)CSC2NC(=O)CC(CC(=O)NCc3cccs3)N2)cc1. The van der Waals surface area contributed by atoms with Crippen molar-refractivity contribution in [1.29, 1.82) is 0 Å². The fourth-order valence-electron chi connectivity index (χ4n) is 3.02. The highest BCUT2D eigenvalue weighted by atomic mass is 32.2. The quantitative estimate of drug-likeness (QED) is 0.431. The minimum atomic E-state index is -0.428. The first-order valence-corrected chi connectivity index (χ1v) is 11.9. The minimum absolute atomic E-state index is 0.113. The summed E-state index contributed by atoms with van der Waals surface area (Å²) in [6.07, 6.45) is 0.427. The molecule has 3 rings (SSSR count). The fourth-order valence-corrected chi connectivity index (χ4v) is 4.55. The third-order valence-corrected chi connectivity index (χ3v) is 6.31. The van der Waals surface area contributed by atoms with Crippen LogP contribution in [0.25, 0.3) is 0 Å². The maximum Gasteiger partial charge on any atom is 0.234 e. The fraction of sp³-hybridized carbons (Fsp3) is 0.381. The molecular formula is C21H26N4O4S2. The van der Waals surface area contributed by atoms with Crippen LogP contribution in [0, 0.1) is 0 Å². The lowest BCUT2D eigenvalue weighted by Gasteiger charge is -2.30. The molecule has 10 heteroatoms. The first kappa shape index (κ1) is 23.1. The highest BCUT2D eigenvalue weighted by Crippen LogP contribution is 2.18. The van der Waals surface area contributed by atoms with E-state index < -0.39 is 5.50 Å². The van der Waals surface area contributed by atoms with Crippen LogP contribution in [-0.4, -0.2) is 41.6 Å². The van der Waals surface area contributed by atoms with E-state index in [0.29, 0.717) is 18.8 Å². The van der Waals surface area contributed by atoms with Gasteiger partial charge in [0, 0.05) is 29.4 Å². The van der Waals surface area contributed by atoms with Gasteiger partial charge in [-0.15, -0.1) is 23.1 Å². The van der Waals surface area contributed by atoms with E-state index in [2.05, 4.69) is 21.3 Å². The van der Waals surface area contributed by atoms with Crippen molar-refractivity contribution < 1.29 is 19.1 Å². The summed E-state index contributed by atoms with van der Waals surface area (Å²) < 4.78 is 5.38. The normalized spacial score (nSPS) is 18.2. The maximum absolute atomic E-state index is 12.2. The van der Waals surface area contributed by atoms with Gasteiger partial charge in [-0.3, -0.25) is 19.7 Å². The van der Waals surface area contributed by atoms with Crippen molar-refractivity contribution in [3.63, 3.8) is 0 Å². The van der Waals surface area contributed by atoms with E-state index in [-0.39, 0.29) is 42.4 Å². The minimum Gasteiger partial charge on any atom is -0.494 e. The molecule has 2 heterocycles. The number of rotatable bonds is 10. The molecule has 1 saturated heterocycles. The van der Waals surface area contributed by atoms with E-state index in [1.165, 1.54) is 11.8 Å². The van der Waals surface area contributed by atoms with Gasteiger partial charge in [-0.1, -0.05) is 6.07 Å². The van der Waals surface area contributed by atoms with Crippen LogP contribution in [0.2, 0.25) is 0 Å². The zero-order valence-electron chi connectivity index (χ0n) is 17.2.